The van der Waals surface area contributed by atoms with Gasteiger partial charge in [0.25, 0.3) is 0 Å². The fourth-order valence-corrected chi connectivity index (χ4v) is 0.519. The average molecular weight is 190 g/mol. The Kier molecular flexibility index (Phi) is 9.04. The third kappa shape index (κ3) is 4.14. The Balaban J connectivity index is -0.000000101. The molecule has 0 amide bonds. The molecule has 1 aromatic rings. The molecule has 0 atom stereocenters. The van der Waals surface area contributed by atoms with E-state index in [1.54, 1.807) is 0 Å². The van der Waals surface area contributed by atoms with E-state index in [1.807, 2.05) is 0 Å². The number of para-hydroxylation sites is 1. The van der Waals surface area contributed by atoms with Crippen LogP contribution in [-0.4, -0.2) is 15.3 Å². The van der Waals surface area contributed by atoms with Crippen LogP contribution in [0.25, 0.3) is 0 Å². The van der Waals surface area contributed by atoms with Gasteiger partial charge in [-0.25, -0.2) is 0 Å². The molecule has 0 unspecified atom stereocenters. The van der Waals surface area contributed by atoms with Crippen molar-refractivity contribution >= 4 is 0 Å². The molecule has 0 aliphatic heterocycles. The Bertz CT molecular complexity index is 217. The maximum Gasteiger partial charge on any atom is 1.00 e. The zero-order valence-corrected chi connectivity index (χ0v) is 11.7. The first kappa shape index (κ1) is 14.8. The van der Waals surface area contributed by atoms with Crippen molar-refractivity contribution in [1.82, 2.24) is 0 Å². The van der Waals surface area contributed by atoms with Gasteiger partial charge >= 0.3 is 80.9 Å². The van der Waals surface area contributed by atoms with E-state index in [2.05, 4.69) is 0 Å². The molecule has 3 N–H and O–H groups in total. The molecule has 3 nitrogen and oxygen atoms in total. The van der Waals surface area contributed by atoms with Crippen LogP contribution < -0.4 is 80.9 Å². The van der Waals surface area contributed by atoms with Gasteiger partial charge in [-0.15, -0.1) is 0 Å². The van der Waals surface area contributed by atoms with Gasteiger partial charge in [0.2, 0.25) is 0 Å². The molecule has 52 valence electrons. The Morgan fingerprint density at radius 2 is 1.36 bits per heavy atom. The van der Waals surface area contributed by atoms with Crippen molar-refractivity contribution in [2.75, 3.05) is 0 Å². The summed E-state index contributed by atoms with van der Waals surface area (Å²) in [5, 5.41) is 26.1. The first-order chi connectivity index (χ1) is 4.22. The molecule has 0 saturated carbocycles. The zero-order chi connectivity index (χ0) is 6.85. The smallest absolute Gasteiger partial charge is 1.00 e. The number of hydrogen-bond acceptors (Lipinski definition) is 3. The van der Waals surface area contributed by atoms with Crippen molar-refractivity contribution in [3.05, 3.63) is 18.2 Å². The Labute approximate surface area is 132 Å². The molecule has 0 spiro atoms. The van der Waals surface area contributed by atoms with Gasteiger partial charge in [-0.1, -0.05) is 6.07 Å². The molecule has 11 heavy (non-hydrogen) atoms. The molecule has 1 aromatic carbocycles. The SMILES string of the molecule is Oc1cccc(O)c1O.[H-].[H-].[K+].[Na+]. The number of aromatic hydroxyl groups is 3. The molecule has 0 aliphatic carbocycles. The summed E-state index contributed by atoms with van der Waals surface area (Å²) in [6.07, 6.45) is 0. The molecule has 5 heteroatoms. The standard InChI is InChI=1S/C6H6O3.K.Na.2H/c7-4-2-1-3-5(8)6(4)9;;;;/h1-3,7-9H;;;;/q;2*+1;2*-1. The minimum Gasteiger partial charge on any atom is -1.00 e. The van der Waals surface area contributed by atoms with Gasteiger partial charge in [0, 0.05) is 0 Å². The van der Waals surface area contributed by atoms with E-state index in [9.17, 15) is 0 Å². The molecule has 0 bridgehead atoms. The van der Waals surface area contributed by atoms with Gasteiger partial charge in [-0.2, -0.15) is 0 Å². The van der Waals surface area contributed by atoms with Crippen LogP contribution in [0.4, 0.5) is 0 Å². The second-order valence-electron chi connectivity index (χ2n) is 1.64. The van der Waals surface area contributed by atoms with Crippen LogP contribution in [-0.2, 0) is 0 Å². The van der Waals surface area contributed by atoms with Gasteiger partial charge in [0.05, 0.1) is 0 Å². The first-order valence-electron chi connectivity index (χ1n) is 2.41. The third-order valence-corrected chi connectivity index (χ3v) is 0.993. The quantitative estimate of drug-likeness (QED) is 0.284. The van der Waals surface area contributed by atoms with Gasteiger partial charge in [0.15, 0.2) is 17.2 Å². The number of phenols is 3. The summed E-state index contributed by atoms with van der Waals surface area (Å²) in [5.74, 6) is -1.09. The van der Waals surface area contributed by atoms with E-state index in [1.165, 1.54) is 18.2 Å². The summed E-state index contributed by atoms with van der Waals surface area (Å²) in [4.78, 5) is 0. The Morgan fingerprint density at radius 1 is 1.00 bits per heavy atom. The van der Waals surface area contributed by atoms with Crippen molar-refractivity contribution in [2.45, 2.75) is 0 Å². The molecule has 1 rings (SSSR count). The van der Waals surface area contributed by atoms with Crippen LogP contribution in [0.3, 0.4) is 0 Å². The van der Waals surface area contributed by atoms with Crippen LogP contribution in [0.1, 0.15) is 2.85 Å². The Morgan fingerprint density at radius 3 is 1.64 bits per heavy atom. The fourth-order valence-electron chi connectivity index (χ4n) is 0.519. The van der Waals surface area contributed by atoms with Gasteiger partial charge in [-0.05, 0) is 12.1 Å². The average Bonchev–Trinajstić information content (AvgIpc) is 1.83. The molecular weight excluding hydrogens is 182 g/mol. The monoisotopic (exact) mass is 190 g/mol. The van der Waals surface area contributed by atoms with Crippen molar-refractivity contribution in [1.29, 1.82) is 0 Å². The molecule has 0 aromatic heterocycles. The Hall–Kier alpha value is 1.26. The first-order valence-corrected chi connectivity index (χ1v) is 2.41. The maximum atomic E-state index is 8.71. The van der Waals surface area contributed by atoms with Crippen molar-refractivity contribution < 1.29 is 99.1 Å². The minimum atomic E-state index is -0.475. The van der Waals surface area contributed by atoms with Crippen molar-refractivity contribution in [2.24, 2.45) is 0 Å². The van der Waals surface area contributed by atoms with E-state index in [4.69, 9.17) is 15.3 Å². The summed E-state index contributed by atoms with van der Waals surface area (Å²) >= 11 is 0. The van der Waals surface area contributed by atoms with Gasteiger partial charge < -0.3 is 18.2 Å². The summed E-state index contributed by atoms with van der Waals surface area (Å²) in [6, 6.07) is 4.01. The largest absolute Gasteiger partial charge is 1.00 e. The second kappa shape index (κ2) is 6.74. The van der Waals surface area contributed by atoms with Gasteiger partial charge in [0.1, 0.15) is 0 Å². The van der Waals surface area contributed by atoms with E-state index < -0.39 is 5.75 Å². The summed E-state index contributed by atoms with van der Waals surface area (Å²) in [5.41, 5.74) is 0. The molecule has 0 saturated heterocycles. The summed E-state index contributed by atoms with van der Waals surface area (Å²) in [6.45, 7) is 0. The van der Waals surface area contributed by atoms with E-state index in [0.717, 1.165) is 0 Å². The van der Waals surface area contributed by atoms with Crippen LogP contribution in [0.5, 0.6) is 17.2 Å². The zero-order valence-electron chi connectivity index (χ0n) is 8.57. The molecule has 0 fully saturated rings. The molecule has 0 aliphatic rings. The van der Waals surface area contributed by atoms with E-state index >= 15 is 0 Å². The molecule has 0 heterocycles. The second-order valence-corrected chi connectivity index (χ2v) is 1.64. The van der Waals surface area contributed by atoms with E-state index in [0.29, 0.717) is 0 Å². The van der Waals surface area contributed by atoms with Crippen LogP contribution in [0, 0.1) is 0 Å². The van der Waals surface area contributed by atoms with Crippen LogP contribution in [0.2, 0.25) is 0 Å². The number of benzene rings is 1. The van der Waals surface area contributed by atoms with Gasteiger partial charge in [-0.3, -0.25) is 0 Å². The normalized spacial score (nSPS) is 7.64. The number of hydrogen-bond donors (Lipinski definition) is 3. The minimum absolute atomic E-state index is 0. The molecular formula is C6H8KNaO3. The summed E-state index contributed by atoms with van der Waals surface area (Å²) < 4.78 is 0. The van der Waals surface area contributed by atoms with E-state index in [-0.39, 0.29) is 95.3 Å². The fraction of sp³-hybridized carbons (Fsp3) is 0. The van der Waals surface area contributed by atoms with Crippen molar-refractivity contribution in [3.8, 4) is 17.2 Å². The predicted octanol–water partition coefficient (Wildman–Crippen LogP) is -4.96. The van der Waals surface area contributed by atoms with Crippen LogP contribution in [0.15, 0.2) is 18.2 Å². The summed E-state index contributed by atoms with van der Waals surface area (Å²) in [7, 11) is 0. The molecule has 0 radical (unpaired) electrons. The maximum absolute atomic E-state index is 8.71. The van der Waals surface area contributed by atoms with Crippen LogP contribution >= 0.6 is 0 Å². The predicted molar refractivity (Wildman–Crippen MR) is 33.7 cm³/mol. The van der Waals surface area contributed by atoms with Crippen molar-refractivity contribution in [3.63, 3.8) is 0 Å². The third-order valence-electron chi connectivity index (χ3n) is 0.993. The number of rotatable bonds is 0. The number of phenolic OH excluding ortho intramolecular Hbond substituents is 3. The topological polar surface area (TPSA) is 60.7 Å².